The minimum atomic E-state index is -1.01. The van der Waals surface area contributed by atoms with E-state index in [1.165, 1.54) is 0 Å². The normalized spacial score (nSPS) is 11.1. The van der Waals surface area contributed by atoms with Crippen molar-refractivity contribution in [2.75, 3.05) is 19.8 Å². The lowest BCUT2D eigenvalue weighted by atomic mass is 9.75. The van der Waals surface area contributed by atoms with Crippen molar-refractivity contribution in [2.45, 2.75) is 32.1 Å². The molecule has 1 aromatic rings. The number of hydrogen-bond acceptors (Lipinski definition) is 3. The molecule has 5 heteroatoms. The van der Waals surface area contributed by atoms with Crippen molar-refractivity contribution >= 4 is 11.9 Å². The van der Waals surface area contributed by atoms with Gasteiger partial charge in [-0.2, -0.15) is 0 Å². The Bertz CT molecular complexity index is 455. The number of aliphatic carboxylic acids is 1. The lowest BCUT2D eigenvalue weighted by molar-refractivity contribution is -0.142. The van der Waals surface area contributed by atoms with Crippen LogP contribution in [0, 0.1) is 0 Å². The number of carboxylic acid groups (broad SMARTS) is 1. The van der Waals surface area contributed by atoms with Crippen LogP contribution in [0.15, 0.2) is 30.3 Å². The van der Waals surface area contributed by atoms with E-state index in [2.05, 4.69) is 5.32 Å². The van der Waals surface area contributed by atoms with E-state index in [1.54, 1.807) is 0 Å². The van der Waals surface area contributed by atoms with Crippen LogP contribution in [0.4, 0.5) is 0 Å². The van der Waals surface area contributed by atoms with Crippen LogP contribution in [0.1, 0.15) is 32.3 Å². The number of amides is 1. The van der Waals surface area contributed by atoms with Crippen molar-refractivity contribution in [3.8, 4) is 0 Å². The Kier molecular flexibility index (Phi) is 6.88. The smallest absolute Gasteiger partial charge is 0.329 e. The van der Waals surface area contributed by atoms with Gasteiger partial charge in [0.1, 0.15) is 6.61 Å². The third-order valence-corrected chi connectivity index (χ3v) is 3.73. The first-order valence-electron chi connectivity index (χ1n) is 7.20. The Balaban J connectivity index is 2.64. The predicted octanol–water partition coefficient (Wildman–Crippen LogP) is 1.96. The molecule has 1 aromatic carbocycles. The molecule has 1 amide bonds. The van der Waals surface area contributed by atoms with Crippen LogP contribution in [0.3, 0.4) is 0 Å². The van der Waals surface area contributed by atoms with Crippen molar-refractivity contribution in [3.05, 3.63) is 35.9 Å². The van der Waals surface area contributed by atoms with Crippen molar-refractivity contribution < 1.29 is 19.4 Å². The van der Waals surface area contributed by atoms with Crippen LogP contribution in [-0.4, -0.2) is 36.7 Å². The number of benzene rings is 1. The number of hydrogen-bond donors (Lipinski definition) is 2. The van der Waals surface area contributed by atoms with Crippen LogP contribution in [0.5, 0.6) is 0 Å². The molecular weight excluding hydrogens is 270 g/mol. The van der Waals surface area contributed by atoms with Gasteiger partial charge in [-0.1, -0.05) is 44.2 Å². The number of carboxylic acids is 1. The fourth-order valence-corrected chi connectivity index (χ4v) is 2.43. The molecule has 0 atom stereocenters. The molecule has 0 fully saturated rings. The fourth-order valence-electron chi connectivity index (χ4n) is 2.43. The standard InChI is InChI=1S/C16H23NO4/c1-3-16(4-2,13-8-6-5-7-9-13)15(20)17-10-11-21-12-14(18)19/h5-9H,3-4,10-12H2,1-2H3,(H,17,20)(H,18,19). The number of carbonyl (C=O) groups excluding carboxylic acids is 1. The van der Waals surface area contributed by atoms with E-state index in [1.807, 2.05) is 44.2 Å². The number of carbonyl (C=O) groups is 2. The molecule has 0 aromatic heterocycles. The molecule has 0 unspecified atom stereocenters. The zero-order chi connectivity index (χ0) is 15.7. The lowest BCUT2D eigenvalue weighted by Crippen LogP contribution is -2.44. The molecule has 0 heterocycles. The maximum atomic E-state index is 12.5. The minimum Gasteiger partial charge on any atom is -0.480 e. The molecule has 0 aliphatic rings. The van der Waals surface area contributed by atoms with Crippen LogP contribution in [-0.2, 0) is 19.7 Å². The lowest BCUT2D eigenvalue weighted by Gasteiger charge is -2.31. The SMILES string of the molecule is CCC(CC)(C(=O)NCCOCC(=O)O)c1ccccc1. The summed E-state index contributed by atoms with van der Waals surface area (Å²) in [6, 6.07) is 9.72. The van der Waals surface area contributed by atoms with Crippen LogP contribution in [0.25, 0.3) is 0 Å². The summed E-state index contributed by atoms with van der Waals surface area (Å²) in [7, 11) is 0. The Morgan fingerprint density at radius 3 is 2.33 bits per heavy atom. The van der Waals surface area contributed by atoms with Gasteiger partial charge < -0.3 is 15.2 Å². The molecule has 1 rings (SSSR count). The zero-order valence-electron chi connectivity index (χ0n) is 12.6. The van der Waals surface area contributed by atoms with E-state index in [4.69, 9.17) is 9.84 Å². The predicted molar refractivity (Wildman–Crippen MR) is 80.2 cm³/mol. The van der Waals surface area contributed by atoms with Gasteiger partial charge >= 0.3 is 5.97 Å². The van der Waals surface area contributed by atoms with Gasteiger partial charge in [-0.15, -0.1) is 0 Å². The Hall–Kier alpha value is -1.88. The van der Waals surface area contributed by atoms with E-state index in [0.29, 0.717) is 19.4 Å². The fraction of sp³-hybridized carbons (Fsp3) is 0.500. The van der Waals surface area contributed by atoms with Gasteiger partial charge in [0.15, 0.2) is 0 Å². The molecule has 0 saturated carbocycles. The molecule has 0 aliphatic heterocycles. The Morgan fingerprint density at radius 2 is 1.81 bits per heavy atom. The largest absolute Gasteiger partial charge is 0.480 e. The number of ether oxygens (including phenoxy) is 1. The maximum Gasteiger partial charge on any atom is 0.329 e. The van der Waals surface area contributed by atoms with Gasteiger partial charge in [-0.05, 0) is 18.4 Å². The molecule has 0 radical (unpaired) electrons. The summed E-state index contributed by atoms with van der Waals surface area (Å²) in [6.07, 6.45) is 1.41. The Labute approximate surface area is 125 Å². The minimum absolute atomic E-state index is 0.0439. The van der Waals surface area contributed by atoms with Gasteiger partial charge in [-0.25, -0.2) is 4.79 Å². The second-order valence-corrected chi connectivity index (χ2v) is 4.86. The van der Waals surface area contributed by atoms with Crippen molar-refractivity contribution in [1.29, 1.82) is 0 Å². The molecular formula is C16H23NO4. The monoisotopic (exact) mass is 293 g/mol. The van der Waals surface area contributed by atoms with E-state index in [0.717, 1.165) is 5.56 Å². The quantitative estimate of drug-likeness (QED) is 0.682. The van der Waals surface area contributed by atoms with Crippen molar-refractivity contribution in [1.82, 2.24) is 5.32 Å². The van der Waals surface area contributed by atoms with E-state index < -0.39 is 11.4 Å². The second kappa shape index (κ2) is 8.42. The number of nitrogens with one attached hydrogen (secondary N) is 1. The molecule has 2 N–H and O–H groups in total. The van der Waals surface area contributed by atoms with E-state index >= 15 is 0 Å². The zero-order valence-corrected chi connectivity index (χ0v) is 12.6. The molecule has 0 spiro atoms. The second-order valence-electron chi connectivity index (χ2n) is 4.86. The highest BCUT2D eigenvalue weighted by molar-refractivity contribution is 5.88. The molecule has 0 aliphatic carbocycles. The Morgan fingerprint density at radius 1 is 1.19 bits per heavy atom. The van der Waals surface area contributed by atoms with Gasteiger partial charge in [0.2, 0.25) is 5.91 Å². The van der Waals surface area contributed by atoms with Gasteiger partial charge in [0, 0.05) is 6.54 Å². The molecule has 21 heavy (non-hydrogen) atoms. The van der Waals surface area contributed by atoms with Gasteiger partial charge in [-0.3, -0.25) is 4.79 Å². The first-order chi connectivity index (χ1) is 10.1. The first-order valence-corrected chi connectivity index (χ1v) is 7.20. The summed E-state index contributed by atoms with van der Waals surface area (Å²) in [5.41, 5.74) is 0.451. The summed E-state index contributed by atoms with van der Waals surface area (Å²) in [6.45, 7) is 4.15. The van der Waals surface area contributed by atoms with Gasteiger partial charge in [0.05, 0.1) is 12.0 Å². The van der Waals surface area contributed by atoms with Gasteiger partial charge in [0.25, 0.3) is 0 Å². The van der Waals surface area contributed by atoms with E-state index in [-0.39, 0.29) is 19.1 Å². The summed E-state index contributed by atoms with van der Waals surface area (Å²) < 4.78 is 4.92. The van der Waals surface area contributed by atoms with Crippen LogP contribution >= 0.6 is 0 Å². The highest BCUT2D eigenvalue weighted by atomic mass is 16.5. The average molecular weight is 293 g/mol. The third kappa shape index (κ3) is 4.56. The summed E-state index contributed by atoms with van der Waals surface area (Å²) in [4.78, 5) is 22.9. The summed E-state index contributed by atoms with van der Waals surface area (Å²) >= 11 is 0. The van der Waals surface area contributed by atoms with E-state index in [9.17, 15) is 9.59 Å². The maximum absolute atomic E-state index is 12.5. The number of rotatable bonds is 9. The highest BCUT2D eigenvalue weighted by Crippen LogP contribution is 2.31. The summed E-state index contributed by atoms with van der Waals surface area (Å²) in [5.74, 6) is -1.06. The highest BCUT2D eigenvalue weighted by Gasteiger charge is 2.36. The third-order valence-electron chi connectivity index (χ3n) is 3.73. The van der Waals surface area contributed by atoms with Crippen LogP contribution < -0.4 is 5.32 Å². The molecule has 5 nitrogen and oxygen atoms in total. The van der Waals surface area contributed by atoms with Crippen molar-refractivity contribution in [2.24, 2.45) is 0 Å². The van der Waals surface area contributed by atoms with Crippen LogP contribution in [0.2, 0.25) is 0 Å². The summed E-state index contributed by atoms with van der Waals surface area (Å²) in [5, 5.41) is 11.3. The topological polar surface area (TPSA) is 75.6 Å². The molecule has 0 bridgehead atoms. The molecule has 116 valence electrons. The van der Waals surface area contributed by atoms with Crippen molar-refractivity contribution in [3.63, 3.8) is 0 Å². The molecule has 0 saturated heterocycles. The average Bonchev–Trinajstić information content (AvgIpc) is 2.49. The first kappa shape index (κ1) is 17.2.